The molecular formula is C11H9ClN6S. The van der Waals surface area contributed by atoms with E-state index in [2.05, 4.69) is 30.9 Å². The number of hydrogen-bond donors (Lipinski definition) is 2. The summed E-state index contributed by atoms with van der Waals surface area (Å²) < 4.78 is 0.559. The minimum atomic E-state index is 0.559. The Balaban J connectivity index is 1.66. The molecule has 0 saturated heterocycles. The van der Waals surface area contributed by atoms with Crippen LogP contribution in [0.25, 0.3) is 11.4 Å². The van der Waals surface area contributed by atoms with Crippen LogP contribution in [0.5, 0.6) is 0 Å². The second kappa shape index (κ2) is 5.33. The van der Waals surface area contributed by atoms with Crippen LogP contribution in [-0.2, 0) is 6.54 Å². The summed E-state index contributed by atoms with van der Waals surface area (Å²) >= 11 is 7.24. The molecular weight excluding hydrogens is 284 g/mol. The Morgan fingerprint density at radius 3 is 2.74 bits per heavy atom. The number of tetrazole rings is 1. The smallest absolute Gasteiger partial charge is 0.204 e. The van der Waals surface area contributed by atoms with Gasteiger partial charge in [-0.25, -0.2) is 4.98 Å². The van der Waals surface area contributed by atoms with Crippen molar-refractivity contribution >= 4 is 28.6 Å². The Hall–Kier alpha value is -1.99. The van der Waals surface area contributed by atoms with E-state index < -0.39 is 0 Å². The van der Waals surface area contributed by atoms with E-state index in [0.717, 1.165) is 16.1 Å². The van der Waals surface area contributed by atoms with E-state index in [1.165, 1.54) is 11.3 Å². The van der Waals surface area contributed by atoms with Crippen LogP contribution in [0.2, 0.25) is 4.47 Å². The molecule has 0 aliphatic carbocycles. The summed E-state index contributed by atoms with van der Waals surface area (Å²) in [6, 6.07) is 7.81. The van der Waals surface area contributed by atoms with E-state index in [1.807, 2.05) is 24.3 Å². The highest BCUT2D eigenvalue weighted by molar-refractivity contribution is 7.15. The minimum Gasteiger partial charge on any atom is -0.380 e. The molecule has 0 radical (unpaired) electrons. The van der Waals surface area contributed by atoms with E-state index in [1.54, 1.807) is 6.20 Å². The average Bonchev–Trinajstić information content (AvgIpc) is 3.08. The fraction of sp³-hybridized carbons (Fsp3) is 0.0909. The molecule has 0 saturated carbocycles. The number of benzene rings is 1. The fourth-order valence-electron chi connectivity index (χ4n) is 1.58. The lowest BCUT2D eigenvalue weighted by Gasteiger charge is -2.04. The fourth-order valence-corrected chi connectivity index (χ4v) is 2.49. The topological polar surface area (TPSA) is 79.4 Å². The molecule has 8 heteroatoms. The average molecular weight is 293 g/mol. The van der Waals surface area contributed by atoms with Gasteiger partial charge in [-0.15, -0.1) is 21.5 Å². The van der Waals surface area contributed by atoms with Gasteiger partial charge in [0.25, 0.3) is 0 Å². The Labute approximate surface area is 117 Å². The lowest BCUT2D eigenvalue weighted by Crippen LogP contribution is -1.97. The van der Waals surface area contributed by atoms with Gasteiger partial charge in [0, 0.05) is 22.3 Å². The Bertz CT molecular complexity index is 648. The predicted molar refractivity (Wildman–Crippen MR) is 74.1 cm³/mol. The summed E-state index contributed by atoms with van der Waals surface area (Å²) in [4.78, 5) is 5.08. The first-order valence-electron chi connectivity index (χ1n) is 5.49. The molecule has 0 atom stereocenters. The summed E-state index contributed by atoms with van der Waals surface area (Å²) in [5.41, 5.74) is 1.93. The number of anilines is 1. The van der Waals surface area contributed by atoms with Crippen molar-refractivity contribution in [3.63, 3.8) is 0 Å². The van der Waals surface area contributed by atoms with Crippen molar-refractivity contribution in [1.82, 2.24) is 25.6 Å². The number of nitrogens with zero attached hydrogens (tertiary/aromatic N) is 4. The van der Waals surface area contributed by atoms with Gasteiger partial charge in [0.15, 0.2) is 4.47 Å². The first-order chi connectivity index (χ1) is 9.31. The highest BCUT2D eigenvalue weighted by atomic mass is 35.5. The number of H-pyrrole nitrogens is 1. The molecule has 0 bridgehead atoms. The molecule has 19 heavy (non-hydrogen) atoms. The summed E-state index contributed by atoms with van der Waals surface area (Å²) in [5.74, 6) is 0.584. The van der Waals surface area contributed by atoms with Gasteiger partial charge in [-0.1, -0.05) is 11.6 Å². The van der Waals surface area contributed by atoms with Crippen LogP contribution in [0, 0.1) is 0 Å². The molecule has 3 rings (SSSR count). The third-order valence-electron chi connectivity index (χ3n) is 2.48. The molecule has 2 heterocycles. The number of thiazole rings is 1. The van der Waals surface area contributed by atoms with Crippen LogP contribution in [0.15, 0.2) is 30.5 Å². The normalized spacial score (nSPS) is 10.6. The third-order valence-corrected chi connectivity index (χ3v) is 3.60. The molecule has 96 valence electrons. The van der Waals surface area contributed by atoms with Crippen molar-refractivity contribution in [2.75, 3.05) is 5.32 Å². The molecule has 2 aromatic heterocycles. The Morgan fingerprint density at radius 2 is 2.11 bits per heavy atom. The number of nitrogens with one attached hydrogen (secondary N) is 2. The molecule has 2 N–H and O–H groups in total. The number of aromatic nitrogens is 5. The van der Waals surface area contributed by atoms with E-state index in [9.17, 15) is 0 Å². The molecule has 0 spiro atoms. The van der Waals surface area contributed by atoms with Crippen molar-refractivity contribution in [1.29, 1.82) is 0 Å². The molecule has 0 fully saturated rings. The van der Waals surface area contributed by atoms with Crippen LogP contribution < -0.4 is 5.32 Å². The van der Waals surface area contributed by atoms with Crippen molar-refractivity contribution in [2.45, 2.75) is 6.54 Å². The lowest BCUT2D eigenvalue weighted by atomic mass is 10.2. The predicted octanol–water partition coefficient (Wildman–Crippen LogP) is 2.59. The van der Waals surface area contributed by atoms with Crippen molar-refractivity contribution in [3.8, 4) is 11.4 Å². The van der Waals surface area contributed by atoms with Gasteiger partial charge in [-0.05, 0) is 29.5 Å². The Kier molecular flexibility index (Phi) is 3.39. The van der Waals surface area contributed by atoms with Crippen molar-refractivity contribution < 1.29 is 0 Å². The molecule has 1 aromatic carbocycles. The van der Waals surface area contributed by atoms with Gasteiger partial charge in [0.1, 0.15) is 0 Å². The first-order valence-corrected chi connectivity index (χ1v) is 6.69. The molecule has 0 amide bonds. The minimum absolute atomic E-state index is 0.559. The maximum absolute atomic E-state index is 5.78. The van der Waals surface area contributed by atoms with Gasteiger partial charge in [-0.3, -0.25) is 0 Å². The van der Waals surface area contributed by atoms with Crippen molar-refractivity contribution in [3.05, 3.63) is 39.8 Å². The van der Waals surface area contributed by atoms with Gasteiger partial charge in [0.2, 0.25) is 5.82 Å². The molecule has 3 aromatic rings. The maximum Gasteiger partial charge on any atom is 0.204 e. The lowest BCUT2D eigenvalue weighted by molar-refractivity contribution is 0.881. The third kappa shape index (κ3) is 2.88. The second-order valence-electron chi connectivity index (χ2n) is 3.75. The first kappa shape index (κ1) is 12.1. The molecule has 0 aliphatic rings. The summed E-state index contributed by atoms with van der Waals surface area (Å²) in [7, 11) is 0. The van der Waals surface area contributed by atoms with Gasteiger partial charge < -0.3 is 5.32 Å². The summed E-state index contributed by atoms with van der Waals surface area (Å²) in [6.07, 6.45) is 1.77. The van der Waals surface area contributed by atoms with E-state index in [0.29, 0.717) is 16.8 Å². The van der Waals surface area contributed by atoms with E-state index in [-0.39, 0.29) is 0 Å². The zero-order valence-corrected chi connectivity index (χ0v) is 11.2. The summed E-state index contributed by atoms with van der Waals surface area (Å²) in [6.45, 7) is 0.700. The monoisotopic (exact) mass is 292 g/mol. The maximum atomic E-state index is 5.78. The van der Waals surface area contributed by atoms with Gasteiger partial charge >= 0.3 is 0 Å². The molecule has 0 aliphatic heterocycles. The Morgan fingerprint density at radius 1 is 1.26 bits per heavy atom. The van der Waals surface area contributed by atoms with Crippen LogP contribution >= 0.6 is 22.9 Å². The number of hydrogen-bond acceptors (Lipinski definition) is 6. The van der Waals surface area contributed by atoms with Crippen LogP contribution in [-0.4, -0.2) is 25.6 Å². The van der Waals surface area contributed by atoms with Crippen LogP contribution in [0.1, 0.15) is 4.88 Å². The van der Waals surface area contributed by atoms with Gasteiger partial charge in [-0.2, -0.15) is 5.21 Å². The van der Waals surface area contributed by atoms with E-state index in [4.69, 9.17) is 11.6 Å². The van der Waals surface area contributed by atoms with Gasteiger partial charge in [0.05, 0.1) is 6.54 Å². The summed E-state index contributed by atoms with van der Waals surface area (Å²) in [5, 5.41) is 17.1. The van der Waals surface area contributed by atoms with Crippen molar-refractivity contribution in [2.24, 2.45) is 0 Å². The zero-order chi connectivity index (χ0) is 13.1. The van der Waals surface area contributed by atoms with Crippen LogP contribution in [0.4, 0.5) is 5.69 Å². The van der Waals surface area contributed by atoms with E-state index >= 15 is 0 Å². The van der Waals surface area contributed by atoms with Crippen LogP contribution in [0.3, 0.4) is 0 Å². The second-order valence-corrected chi connectivity index (χ2v) is 5.44. The number of rotatable bonds is 4. The zero-order valence-electron chi connectivity index (χ0n) is 9.67. The SMILES string of the molecule is Clc1ncc(CNc2ccc(-c3nn[nH]n3)cc2)s1. The number of aromatic amines is 1. The molecule has 0 unspecified atom stereocenters. The quantitative estimate of drug-likeness (QED) is 0.772. The highest BCUT2D eigenvalue weighted by Crippen LogP contribution is 2.20. The standard InChI is InChI=1S/C11H9ClN6S/c12-11-14-6-9(19-11)5-13-8-3-1-7(2-4-8)10-15-17-18-16-10/h1-4,6,13H,5H2,(H,15,16,17,18). The highest BCUT2D eigenvalue weighted by Gasteiger charge is 2.03. The number of halogens is 1. The largest absolute Gasteiger partial charge is 0.380 e. The molecule has 6 nitrogen and oxygen atoms in total.